The Kier molecular flexibility index (Phi) is 11.5. The molecule has 4 aromatic carbocycles. The van der Waals surface area contributed by atoms with Gasteiger partial charge in [0.1, 0.15) is 0 Å². The summed E-state index contributed by atoms with van der Waals surface area (Å²) in [5.41, 5.74) is 5.32. The zero-order valence-corrected chi connectivity index (χ0v) is 28.1. The molecule has 0 fully saturated rings. The maximum absolute atomic E-state index is 13.9. The molecule has 0 aliphatic carbocycles. The predicted molar refractivity (Wildman–Crippen MR) is 187 cm³/mol. The second-order valence-electron chi connectivity index (χ2n) is 12.1. The molecule has 10 heteroatoms. The van der Waals surface area contributed by atoms with Crippen molar-refractivity contribution in [2.45, 2.75) is 33.1 Å². The summed E-state index contributed by atoms with van der Waals surface area (Å²) in [6, 6.07) is 27.4. The molecular formula is C36H36Cl2N2O5S. The monoisotopic (exact) mass is 678 g/mol. The number of hydrogen-bond donors (Lipinski definition) is 3. The lowest BCUT2D eigenvalue weighted by molar-refractivity contribution is -0.117. The number of rotatable bonds is 11. The molecular weight excluding hydrogens is 643 g/mol. The lowest BCUT2D eigenvalue weighted by atomic mass is 9.89. The molecule has 0 radical (unpaired) electrons. The van der Waals surface area contributed by atoms with Crippen molar-refractivity contribution in [3.63, 3.8) is 0 Å². The van der Waals surface area contributed by atoms with Crippen molar-refractivity contribution < 1.29 is 22.6 Å². The van der Waals surface area contributed by atoms with E-state index in [1.54, 1.807) is 36.4 Å². The van der Waals surface area contributed by atoms with Crippen molar-refractivity contribution in [2.75, 3.05) is 17.6 Å². The summed E-state index contributed by atoms with van der Waals surface area (Å²) < 4.78 is 30.8. The van der Waals surface area contributed by atoms with E-state index in [1.807, 2.05) is 54.6 Å². The highest BCUT2D eigenvalue weighted by Crippen LogP contribution is 2.32. The third kappa shape index (κ3) is 10.6. The maximum atomic E-state index is 13.9. The van der Waals surface area contributed by atoms with E-state index in [0.29, 0.717) is 27.7 Å². The van der Waals surface area contributed by atoms with E-state index in [2.05, 4.69) is 43.6 Å². The smallest absolute Gasteiger partial charge is 0.266 e. The Morgan fingerprint density at radius 1 is 0.913 bits per heavy atom. The van der Waals surface area contributed by atoms with Gasteiger partial charge in [0.05, 0.1) is 11.7 Å². The third-order valence-corrected chi connectivity index (χ3v) is 8.37. The van der Waals surface area contributed by atoms with Crippen LogP contribution in [-0.4, -0.2) is 37.1 Å². The van der Waals surface area contributed by atoms with Gasteiger partial charge in [-0.25, -0.2) is 0 Å². The zero-order chi connectivity index (χ0) is 33.5. The van der Waals surface area contributed by atoms with Crippen LogP contribution in [0.5, 0.6) is 0 Å². The fourth-order valence-electron chi connectivity index (χ4n) is 4.70. The number of hydrogen-bond acceptors (Lipinski definition) is 4. The van der Waals surface area contributed by atoms with E-state index in [4.69, 9.17) is 27.8 Å². The van der Waals surface area contributed by atoms with Crippen molar-refractivity contribution in [1.82, 2.24) is 5.32 Å². The highest BCUT2D eigenvalue weighted by molar-refractivity contribution is 7.85. The lowest BCUT2D eigenvalue weighted by Gasteiger charge is -2.19. The van der Waals surface area contributed by atoms with Crippen LogP contribution in [-0.2, 0) is 21.3 Å². The third-order valence-electron chi connectivity index (χ3n) is 7.10. The first-order valence-corrected chi connectivity index (χ1v) is 17.0. The molecule has 0 heterocycles. The number of halogens is 2. The predicted octanol–water partition coefficient (Wildman–Crippen LogP) is 8.30. The first-order valence-electron chi connectivity index (χ1n) is 14.6. The van der Waals surface area contributed by atoms with Gasteiger partial charge in [-0.15, -0.1) is 0 Å². The van der Waals surface area contributed by atoms with Gasteiger partial charge in [-0.3, -0.25) is 14.1 Å². The number of benzene rings is 4. The van der Waals surface area contributed by atoms with Crippen molar-refractivity contribution >= 4 is 56.9 Å². The van der Waals surface area contributed by atoms with Crippen molar-refractivity contribution in [1.29, 1.82) is 0 Å². The molecule has 7 nitrogen and oxygen atoms in total. The zero-order valence-electron chi connectivity index (χ0n) is 25.8. The van der Waals surface area contributed by atoms with Crippen LogP contribution in [0.15, 0.2) is 97.1 Å². The number of carbonyl (C=O) groups is 2. The van der Waals surface area contributed by atoms with Crippen molar-refractivity contribution in [2.24, 2.45) is 5.41 Å². The van der Waals surface area contributed by atoms with Gasteiger partial charge in [0.2, 0.25) is 5.91 Å². The van der Waals surface area contributed by atoms with Gasteiger partial charge >= 0.3 is 0 Å². The highest BCUT2D eigenvalue weighted by atomic mass is 35.5. The summed E-state index contributed by atoms with van der Waals surface area (Å²) in [6.45, 7) is 6.14. The number of nitrogens with one attached hydrogen (secondary N) is 2. The lowest BCUT2D eigenvalue weighted by Crippen LogP contribution is -2.28. The molecule has 0 saturated carbocycles. The minimum Gasteiger partial charge on any atom is -0.351 e. The first-order chi connectivity index (χ1) is 21.7. The van der Waals surface area contributed by atoms with E-state index in [0.717, 1.165) is 27.8 Å². The van der Waals surface area contributed by atoms with E-state index < -0.39 is 27.7 Å². The Morgan fingerprint density at radius 2 is 1.61 bits per heavy atom. The van der Waals surface area contributed by atoms with Crippen LogP contribution in [0.3, 0.4) is 0 Å². The van der Waals surface area contributed by atoms with Crippen LogP contribution in [0.4, 0.5) is 5.69 Å². The standard InChI is InChI=1S/C36H36Cl2N2O5S/c1-36(2,3)18-17-24-5-4-6-28(21-24)32(22-25-7-9-27(10-8-25)34(41)39-19-20-46(43,44)45)35(42)40-30-14-11-26(12-15-30)31-16-13-29(37)23-33(31)38/h4-18,21,23,32H,19-20,22H2,1-3H3,(H,39,41)(H,40,42)(H,43,44,45)/b18-17+. The van der Waals surface area contributed by atoms with Gasteiger partial charge in [-0.2, -0.15) is 8.42 Å². The molecule has 3 N–H and O–H groups in total. The SMILES string of the molecule is CC(C)(C)/C=C/c1cccc(C(Cc2ccc(C(=O)NCCS(=O)(=O)O)cc2)C(=O)Nc2ccc(-c3ccc(Cl)cc3Cl)cc2)c1. The van der Waals surface area contributed by atoms with Crippen molar-refractivity contribution in [3.8, 4) is 11.1 Å². The molecule has 4 aromatic rings. The van der Waals surface area contributed by atoms with Gasteiger partial charge < -0.3 is 10.6 Å². The summed E-state index contributed by atoms with van der Waals surface area (Å²) >= 11 is 12.4. The molecule has 0 bridgehead atoms. The van der Waals surface area contributed by atoms with E-state index in [-0.39, 0.29) is 17.9 Å². The molecule has 1 unspecified atom stereocenters. The number of amides is 2. The van der Waals surface area contributed by atoms with Crippen LogP contribution in [0, 0.1) is 5.41 Å². The average molecular weight is 680 g/mol. The molecule has 0 aliphatic heterocycles. The molecule has 46 heavy (non-hydrogen) atoms. The molecule has 0 aromatic heterocycles. The fraction of sp³-hybridized carbons (Fsp3) is 0.222. The second-order valence-corrected chi connectivity index (χ2v) is 14.5. The van der Waals surface area contributed by atoms with Crippen molar-refractivity contribution in [3.05, 3.63) is 129 Å². The Labute approximate surface area is 280 Å². The van der Waals surface area contributed by atoms with Gasteiger partial charge in [0.25, 0.3) is 16.0 Å². The van der Waals surface area contributed by atoms with Gasteiger partial charge in [-0.1, -0.05) is 111 Å². The van der Waals surface area contributed by atoms with E-state index in [1.165, 1.54) is 0 Å². The summed E-state index contributed by atoms with van der Waals surface area (Å²) in [4.78, 5) is 26.3. The largest absolute Gasteiger partial charge is 0.351 e. The summed E-state index contributed by atoms with van der Waals surface area (Å²) in [5.74, 6) is -1.79. The average Bonchev–Trinajstić information content (AvgIpc) is 2.99. The molecule has 1 atom stereocenters. The molecule has 0 aliphatic rings. The van der Waals surface area contributed by atoms with E-state index in [9.17, 15) is 18.0 Å². The van der Waals surface area contributed by atoms with Crippen LogP contribution in [0.2, 0.25) is 10.0 Å². The minimum absolute atomic E-state index is 0.00439. The quantitative estimate of drug-likeness (QED) is 0.138. The Morgan fingerprint density at radius 3 is 2.24 bits per heavy atom. The molecule has 0 saturated heterocycles. The molecule has 240 valence electrons. The van der Waals surface area contributed by atoms with Crippen LogP contribution < -0.4 is 10.6 Å². The minimum atomic E-state index is -4.18. The van der Waals surface area contributed by atoms with Gasteiger partial charge in [-0.05, 0) is 70.5 Å². The van der Waals surface area contributed by atoms with Gasteiger partial charge in [0.15, 0.2) is 0 Å². The number of carbonyl (C=O) groups excluding carboxylic acids is 2. The number of allylic oxidation sites excluding steroid dienone is 1. The number of anilines is 1. The van der Waals surface area contributed by atoms with E-state index >= 15 is 0 Å². The van der Waals surface area contributed by atoms with Crippen LogP contribution >= 0.6 is 23.2 Å². The summed E-state index contributed by atoms with van der Waals surface area (Å²) in [5, 5.41) is 6.62. The Balaban J connectivity index is 1.56. The Bertz CT molecular complexity index is 1830. The fourth-order valence-corrected chi connectivity index (χ4v) is 5.57. The Hall–Kier alpha value is -3.95. The van der Waals surface area contributed by atoms with Gasteiger partial charge in [0, 0.05) is 33.4 Å². The molecule has 2 amide bonds. The normalized spacial score (nSPS) is 12.6. The topological polar surface area (TPSA) is 113 Å². The molecule has 4 rings (SSSR count). The summed E-state index contributed by atoms with van der Waals surface area (Å²) in [7, 11) is -4.18. The summed E-state index contributed by atoms with van der Waals surface area (Å²) in [6.07, 6.45) is 4.53. The van der Waals surface area contributed by atoms with Crippen LogP contribution in [0.25, 0.3) is 17.2 Å². The van der Waals surface area contributed by atoms with Crippen LogP contribution in [0.1, 0.15) is 53.7 Å². The maximum Gasteiger partial charge on any atom is 0.266 e. The molecule has 0 spiro atoms. The highest BCUT2D eigenvalue weighted by Gasteiger charge is 2.22. The second kappa shape index (κ2) is 15.1. The first kappa shape index (κ1) is 34.9.